The van der Waals surface area contributed by atoms with Crippen molar-refractivity contribution in [1.82, 2.24) is 19.6 Å². The van der Waals surface area contributed by atoms with Gasteiger partial charge in [-0.25, -0.2) is 18.1 Å². The summed E-state index contributed by atoms with van der Waals surface area (Å²) in [6.45, 7) is 2.36. The molecule has 2 rings (SSSR count). The quantitative estimate of drug-likeness (QED) is 0.826. The molecule has 0 saturated heterocycles. The summed E-state index contributed by atoms with van der Waals surface area (Å²) in [6.07, 6.45) is 0. The van der Waals surface area contributed by atoms with E-state index in [-0.39, 0.29) is 11.8 Å². The zero-order valence-corrected chi connectivity index (χ0v) is 12.7. The summed E-state index contributed by atoms with van der Waals surface area (Å²) in [5.74, 6) is 0.950. The van der Waals surface area contributed by atoms with Gasteiger partial charge in [0.25, 0.3) is 0 Å². The standard InChI is InChI=1S/C13H20N4O2S/c1-10(15-8-9-20(18,19)14-2)13-16-11-6-4-5-7-12(11)17(13)3/h4-7,10,14-15H,8-9H2,1-3H3. The number of rotatable bonds is 6. The molecule has 0 aliphatic carbocycles. The van der Waals surface area contributed by atoms with Crippen LogP contribution < -0.4 is 10.0 Å². The van der Waals surface area contributed by atoms with Gasteiger partial charge in [0.2, 0.25) is 10.0 Å². The molecular formula is C13H20N4O2S. The zero-order chi connectivity index (χ0) is 14.8. The highest BCUT2D eigenvalue weighted by atomic mass is 32.2. The highest BCUT2D eigenvalue weighted by Crippen LogP contribution is 2.18. The third-order valence-corrected chi connectivity index (χ3v) is 4.70. The second-order valence-corrected chi connectivity index (χ2v) is 6.76. The lowest BCUT2D eigenvalue weighted by Gasteiger charge is -2.13. The van der Waals surface area contributed by atoms with Crippen LogP contribution in [0.3, 0.4) is 0 Å². The summed E-state index contributed by atoms with van der Waals surface area (Å²) < 4.78 is 27.0. The molecule has 1 atom stereocenters. The van der Waals surface area contributed by atoms with Gasteiger partial charge in [-0.3, -0.25) is 0 Å². The fourth-order valence-corrected chi connectivity index (χ4v) is 2.75. The second-order valence-electron chi connectivity index (χ2n) is 4.72. The molecule has 1 aromatic carbocycles. The number of fused-ring (bicyclic) bond motifs is 1. The van der Waals surface area contributed by atoms with E-state index in [0.717, 1.165) is 16.9 Å². The Morgan fingerprint density at radius 2 is 2.05 bits per heavy atom. The van der Waals surface area contributed by atoms with E-state index in [9.17, 15) is 8.42 Å². The van der Waals surface area contributed by atoms with Crippen LogP contribution in [0.5, 0.6) is 0 Å². The first-order valence-electron chi connectivity index (χ1n) is 6.50. The van der Waals surface area contributed by atoms with Gasteiger partial charge in [-0.2, -0.15) is 0 Å². The SMILES string of the molecule is CNS(=O)(=O)CCNC(C)c1nc2ccccc2n1C. The maximum absolute atomic E-state index is 11.4. The third kappa shape index (κ3) is 3.17. The van der Waals surface area contributed by atoms with Crippen LogP contribution in [-0.4, -0.2) is 37.3 Å². The zero-order valence-electron chi connectivity index (χ0n) is 11.9. The molecule has 0 aliphatic rings. The Kier molecular flexibility index (Phi) is 4.42. The number of aromatic nitrogens is 2. The summed E-state index contributed by atoms with van der Waals surface area (Å²) in [6, 6.07) is 7.91. The average Bonchev–Trinajstić information content (AvgIpc) is 2.76. The van der Waals surface area contributed by atoms with E-state index in [1.807, 2.05) is 42.8 Å². The molecule has 2 N–H and O–H groups in total. The van der Waals surface area contributed by atoms with Crippen molar-refractivity contribution in [2.75, 3.05) is 19.3 Å². The second kappa shape index (κ2) is 5.90. The Labute approximate surface area is 119 Å². The number of imidazole rings is 1. The molecule has 0 saturated carbocycles. The normalized spacial score (nSPS) is 13.8. The highest BCUT2D eigenvalue weighted by molar-refractivity contribution is 7.89. The molecule has 0 amide bonds. The largest absolute Gasteiger partial charge is 0.330 e. The van der Waals surface area contributed by atoms with Crippen molar-refractivity contribution in [3.05, 3.63) is 30.1 Å². The molecule has 1 heterocycles. The number of para-hydroxylation sites is 2. The van der Waals surface area contributed by atoms with E-state index >= 15 is 0 Å². The Balaban J connectivity index is 2.08. The van der Waals surface area contributed by atoms with Crippen molar-refractivity contribution in [1.29, 1.82) is 0 Å². The fourth-order valence-electron chi connectivity index (χ4n) is 2.15. The van der Waals surface area contributed by atoms with Gasteiger partial charge in [0, 0.05) is 13.6 Å². The van der Waals surface area contributed by atoms with Crippen molar-refractivity contribution >= 4 is 21.1 Å². The minimum atomic E-state index is -3.17. The summed E-state index contributed by atoms with van der Waals surface area (Å²) in [5, 5.41) is 3.19. The molecule has 0 bridgehead atoms. The van der Waals surface area contributed by atoms with Crippen LogP contribution in [0, 0.1) is 0 Å². The van der Waals surface area contributed by atoms with Crippen molar-refractivity contribution in [2.24, 2.45) is 7.05 Å². The molecule has 6 nitrogen and oxygen atoms in total. The van der Waals surface area contributed by atoms with Crippen molar-refractivity contribution in [3.63, 3.8) is 0 Å². The van der Waals surface area contributed by atoms with Crippen molar-refractivity contribution < 1.29 is 8.42 Å². The summed E-state index contributed by atoms with van der Waals surface area (Å²) in [4.78, 5) is 4.58. The van der Waals surface area contributed by atoms with Crippen LogP contribution in [-0.2, 0) is 17.1 Å². The Hall–Kier alpha value is -1.44. The minimum Gasteiger partial charge on any atom is -0.330 e. The summed E-state index contributed by atoms with van der Waals surface area (Å²) >= 11 is 0. The molecule has 7 heteroatoms. The van der Waals surface area contributed by atoms with Crippen LogP contribution in [0.4, 0.5) is 0 Å². The number of hydrogen-bond acceptors (Lipinski definition) is 4. The van der Waals surface area contributed by atoms with Crippen LogP contribution in [0.15, 0.2) is 24.3 Å². The van der Waals surface area contributed by atoms with Gasteiger partial charge in [0.05, 0.1) is 22.8 Å². The fraction of sp³-hybridized carbons (Fsp3) is 0.462. The van der Waals surface area contributed by atoms with Gasteiger partial charge in [-0.05, 0) is 26.1 Å². The monoisotopic (exact) mass is 296 g/mol. The predicted octanol–water partition coefficient (Wildman–Crippen LogP) is 0.773. The molecule has 0 radical (unpaired) electrons. The van der Waals surface area contributed by atoms with Crippen LogP contribution in [0.2, 0.25) is 0 Å². The number of nitrogens with one attached hydrogen (secondary N) is 2. The first kappa shape index (κ1) is 15.0. The smallest absolute Gasteiger partial charge is 0.212 e. The van der Waals surface area contributed by atoms with Crippen molar-refractivity contribution in [2.45, 2.75) is 13.0 Å². The van der Waals surface area contributed by atoms with E-state index in [1.54, 1.807) is 0 Å². The van der Waals surface area contributed by atoms with E-state index in [0.29, 0.717) is 6.54 Å². The molecular weight excluding hydrogens is 276 g/mol. The van der Waals surface area contributed by atoms with Crippen LogP contribution in [0.25, 0.3) is 11.0 Å². The first-order valence-corrected chi connectivity index (χ1v) is 8.16. The van der Waals surface area contributed by atoms with E-state index in [2.05, 4.69) is 15.0 Å². The lowest BCUT2D eigenvalue weighted by molar-refractivity contribution is 0.541. The van der Waals surface area contributed by atoms with Gasteiger partial charge >= 0.3 is 0 Å². The summed E-state index contributed by atoms with van der Waals surface area (Å²) in [7, 11) is 0.215. The molecule has 20 heavy (non-hydrogen) atoms. The molecule has 1 aromatic heterocycles. The van der Waals surface area contributed by atoms with E-state index in [1.165, 1.54) is 7.05 Å². The molecule has 2 aromatic rings. The Morgan fingerprint density at radius 3 is 2.70 bits per heavy atom. The lowest BCUT2D eigenvalue weighted by Crippen LogP contribution is -2.31. The molecule has 1 unspecified atom stereocenters. The minimum absolute atomic E-state index is 0.0144. The predicted molar refractivity (Wildman–Crippen MR) is 80.0 cm³/mol. The molecule has 110 valence electrons. The van der Waals surface area contributed by atoms with E-state index in [4.69, 9.17) is 0 Å². The van der Waals surface area contributed by atoms with Gasteiger partial charge in [0.1, 0.15) is 5.82 Å². The van der Waals surface area contributed by atoms with Gasteiger partial charge in [0.15, 0.2) is 0 Å². The van der Waals surface area contributed by atoms with Crippen molar-refractivity contribution in [3.8, 4) is 0 Å². The van der Waals surface area contributed by atoms with Gasteiger partial charge < -0.3 is 9.88 Å². The highest BCUT2D eigenvalue weighted by Gasteiger charge is 2.14. The average molecular weight is 296 g/mol. The summed E-state index contributed by atoms with van der Waals surface area (Å²) in [5.41, 5.74) is 2.01. The number of sulfonamides is 1. The van der Waals surface area contributed by atoms with Gasteiger partial charge in [-0.15, -0.1) is 0 Å². The van der Waals surface area contributed by atoms with Crippen LogP contribution >= 0.6 is 0 Å². The number of hydrogen-bond donors (Lipinski definition) is 2. The molecule has 0 spiro atoms. The molecule has 0 fully saturated rings. The van der Waals surface area contributed by atoms with Gasteiger partial charge in [-0.1, -0.05) is 12.1 Å². The third-order valence-electron chi connectivity index (χ3n) is 3.34. The lowest BCUT2D eigenvalue weighted by atomic mass is 10.3. The van der Waals surface area contributed by atoms with E-state index < -0.39 is 10.0 Å². The maximum atomic E-state index is 11.4. The first-order chi connectivity index (χ1) is 9.44. The number of aryl methyl sites for hydroxylation is 1. The number of benzene rings is 1. The topological polar surface area (TPSA) is 76.0 Å². The molecule has 0 aliphatic heterocycles. The Bertz CT molecular complexity index is 693. The Morgan fingerprint density at radius 1 is 1.35 bits per heavy atom. The van der Waals surface area contributed by atoms with Crippen LogP contribution in [0.1, 0.15) is 18.8 Å². The maximum Gasteiger partial charge on any atom is 0.212 e. The number of nitrogens with zero attached hydrogens (tertiary/aromatic N) is 2.